The molecule has 0 aromatic heterocycles. The molecule has 0 aliphatic carbocycles. The van der Waals surface area contributed by atoms with E-state index in [1.54, 1.807) is 0 Å². The van der Waals surface area contributed by atoms with Crippen LogP contribution in [0, 0.1) is 0 Å². The van der Waals surface area contributed by atoms with E-state index < -0.39 is 12.3 Å². The number of rotatable bonds is 4. The van der Waals surface area contributed by atoms with Crippen molar-refractivity contribution in [3.63, 3.8) is 0 Å². The second-order valence-electron chi connectivity index (χ2n) is 1.90. The summed E-state index contributed by atoms with van der Waals surface area (Å²) in [5.74, 6) is 0. The molecule has 0 saturated heterocycles. The van der Waals surface area contributed by atoms with Gasteiger partial charge in [-0.25, -0.2) is 0 Å². The first-order valence-corrected chi connectivity index (χ1v) is 2.81. The lowest BCUT2D eigenvalue weighted by atomic mass is 10.1. The highest BCUT2D eigenvalue weighted by Gasteiger charge is 2.07. The molecule has 0 fully saturated rings. The van der Waals surface area contributed by atoms with Gasteiger partial charge in [0.15, 0.2) is 0 Å². The lowest BCUT2D eigenvalue weighted by Gasteiger charge is -2.11. The topological polar surface area (TPSA) is 89.3 Å². The fraction of sp³-hybridized carbons (Fsp3) is 0.800. The van der Waals surface area contributed by atoms with Gasteiger partial charge in [-0.3, -0.25) is 0 Å². The zero-order valence-corrected chi connectivity index (χ0v) is 5.16. The molecular weight excluding hydrogens is 120 g/mol. The van der Waals surface area contributed by atoms with Crippen LogP contribution in [0.25, 0.3) is 0 Å². The molecule has 0 radical (unpaired) electrons. The van der Waals surface area contributed by atoms with Gasteiger partial charge in [0.1, 0.15) is 12.5 Å². The maximum Gasteiger partial charge on any atom is 0.120 e. The van der Waals surface area contributed by atoms with Crippen LogP contribution in [0.5, 0.6) is 0 Å². The van der Waals surface area contributed by atoms with Crippen LogP contribution in [0.2, 0.25) is 0 Å². The highest BCUT2D eigenvalue weighted by Crippen LogP contribution is 1.92. The first-order chi connectivity index (χ1) is 4.18. The highest BCUT2D eigenvalue weighted by molar-refractivity contribution is 5.49. The second kappa shape index (κ2) is 4.43. The molecule has 54 valence electrons. The Balaban J connectivity index is 3.26. The van der Waals surface area contributed by atoms with Crippen LogP contribution in [0.1, 0.15) is 12.8 Å². The van der Waals surface area contributed by atoms with Gasteiger partial charge in [0.05, 0.1) is 0 Å². The Hall–Kier alpha value is -0.450. The highest BCUT2D eigenvalue weighted by atomic mass is 16.3. The summed E-state index contributed by atoms with van der Waals surface area (Å²) in [6.45, 7) is 0. The summed E-state index contributed by atoms with van der Waals surface area (Å²) in [4.78, 5) is 9.75. The summed E-state index contributed by atoms with van der Waals surface area (Å²) in [7, 11) is 0. The largest absolute Gasteiger partial charge is 0.377 e. The molecule has 0 aliphatic rings. The van der Waals surface area contributed by atoms with Crippen LogP contribution in [-0.2, 0) is 4.79 Å². The Morgan fingerprint density at radius 1 is 1.56 bits per heavy atom. The number of hydrogen-bond donors (Lipinski definition) is 3. The number of aliphatic hydroxyl groups is 1. The van der Waals surface area contributed by atoms with Crippen molar-refractivity contribution >= 4 is 6.29 Å². The van der Waals surface area contributed by atoms with Gasteiger partial charge < -0.3 is 21.4 Å². The van der Waals surface area contributed by atoms with Gasteiger partial charge in [-0.1, -0.05) is 0 Å². The zero-order chi connectivity index (χ0) is 7.28. The predicted octanol–water partition coefficient (Wildman–Crippen LogP) is -1.43. The van der Waals surface area contributed by atoms with Crippen LogP contribution in [0.15, 0.2) is 0 Å². The average Bonchev–Trinajstić information content (AvgIpc) is 1.82. The molecule has 4 heteroatoms. The third-order valence-electron chi connectivity index (χ3n) is 1.06. The van der Waals surface area contributed by atoms with E-state index in [0.717, 1.165) is 6.29 Å². The molecule has 2 unspecified atom stereocenters. The summed E-state index contributed by atoms with van der Waals surface area (Å²) in [5.41, 5.74) is 10.3. The van der Waals surface area contributed by atoms with Crippen molar-refractivity contribution in [1.82, 2.24) is 0 Å². The van der Waals surface area contributed by atoms with Crippen molar-refractivity contribution in [2.75, 3.05) is 0 Å². The lowest BCUT2D eigenvalue weighted by Crippen LogP contribution is -2.40. The van der Waals surface area contributed by atoms with Crippen molar-refractivity contribution in [3.8, 4) is 0 Å². The van der Waals surface area contributed by atoms with Crippen LogP contribution in [0.4, 0.5) is 0 Å². The lowest BCUT2D eigenvalue weighted by molar-refractivity contribution is -0.108. The number of aliphatic hydroxyl groups excluding tert-OH is 1. The third kappa shape index (κ3) is 4.08. The summed E-state index contributed by atoms with van der Waals surface area (Å²) >= 11 is 0. The Bertz CT molecular complexity index is 85.0. The molecule has 2 atom stereocenters. The number of carbonyl (C=O) groups excluding carboxylic acids is 1. The number of carbonyl (C=O) groups is 1. The van der Waals surface area contributed by atoms with Gasteiger partial charge in [-0.2, -0.15) is 0 Å². The summed E-state index contributed by atoms with van der Waals surface area (Å²) in [5, 5.41) is 8.58. The van der Waals surface area contributed by atoms with Crippen molar-refractivity contribution < 1.29 is 9.90 Å². The molecule has 9 heavy (non-hydrogen) atoms. The van der Waals surface area contributed by atoms with Gasteiger partial charge in [-0.05, 0) is 6.42 Å². The van der Waals surface area contributed by atoms with Crippen molar-refractivity contribution in [1.29, 1.82) is 0 Å². The normalized spacial score (nSPS) is 16.8. The van der Waals surface area contributed by atoms with E-state index in [0.29, 0.717) is 12.8 Å². The summed E-state index contributed by atoms with van der Waals surface area (Å²) < 4.78 is 0. The summed E-state index contributed by atoms with van der Waals surface area (Å²) in [6.07, 6.45) is 0.545. The van der Waals surface area contributed by atoms with Gasteiger partial charge in [0.25, 0.3) is 0 Å². The van der Waals surface area contributed by atoms with Gasteiger partial charge in [0.2, 0.25) is 0 Å². The van der Waals surface area contributed by atoms with Crippen LogP contribution in [-0.4, -0.2) is 23.7 Å². The number of aldehydes is 1. The molecule has 0 saturated carbocycles. The van der Waals surface area contributed by atoms with Crippen molar-refractivity contribution in [3.05, 3.63) is 0 Å². The third-order valence-corrected chi connectivity index (χ3v) is 1.06. The molecule has 0 spiro atoms. The fourth-order valence-corrected chi connectivity index (χ4v) is 0.431. The Kier molecular flexibility index (Phi) is 4.21. The van der Waals surface area contributed by atoms with E-state index >= 15 is 0 Å². The molecule has 0 aromatic carbocycles. The minimum atomic E-state index is -1.01. The first-order valence-electron chi connectivity index (χ1n) is 2.81. The molecule has 0 bridgehead atoms. The van der Waals surface area contributed by atoms with Crippen LogP contribution >= 0.6 is 0 Å². The van der Waals surface area contributed by atoms with Crippen molar-refractivity contribution in [2.45, 2.75) is 25.1 Å². The predicted molar refractivity (Wildman–Crippen MR) is 33.5 cm³/mol. The SMILES string of the molecule is NC(O)C(N)CCC=O. The second-order valence-corrected chi connectivity index (χ2v) is 1.90. The van der Waals surface area contributed by atoms with E-state index in [2.05, 4.69) is 0 Å². The van der Waals surface area contributed by atoms with Crippen LogP contribution in [0.3, 0.4) is 0 Å². The monoisotopic (exact) mass is 132 g/mol. The summed E-state index contributed by atoms with van der Waals surface area (Å²) in [6, 6.07) is -0.477. The van der Waals surface area contributed by atoms with E-state index in [1.165, 1.54) is 0 Å². The Morgan fingerprint density at radius 2 is 2.11 bits per heavy atom. The quantitative estimate of drug-likeness (QED) is 0.323. The Morgan fingerprint density at radius 3 is 2.44 bits per heavy atom. The number of nitrogens with two attached hydrogens (primary N) is 2. The number of hydrogen-bond acceptors (Lipinski definition) is 4. The fourth-order valence-electron chi connectivity index (χ4n) is 0.431. The molecule has 0 rings (SSSR count). The van der Waals surface area contributed by atoms with Gasteiger partial charge >= 0.3 is 0 Å². The molecule has 4 nitrogen and oxygen atoms in total. The molecule has 0 amide bonds. The molecular formula is C5H12N2O2. The van der Waals surface area contributed by atoms with Gasteiger partial charge in [-0.15, -0.1) is 0 Å². The zero-order valence-electron chi connectivity index (χ0n) is 5.16. The molecule has 5 N–H and O–H groups in total. The van der Waals surface area contributed by atoms with E-state index in [1.807, 2.05) is 0 Å². The molecule has 0 aliphatic heterocycles. The van der Waals surface area contributed by atoms with Crippen molar-refractivity contribution in [2.24, 2.45) is 11.5 Å². The first kappa shape index (κ1) is 8.55. The minimum Gasteiger partial charge on any atom is -0.377 e. The maximum absolute atomic E-state index is 9.75. The Labute approximate surface area is 53.8 Å². The smallest absolute Gasteiger partial charge is 0.120 e. The van der Waals surface area contributed by atoms with Gasteiger partial charge in [0, 0.05) is 12.5 Å². The van der Waals surface area contributed by atoms with E-state index in [9.17, 15) is 4.79 Å². The van der Waals surface area contributed by atoms with E-state index in [4.69, 9.17) is 16.6 Å². The standard InChI is InChI=1S/C5H12N2O2/c6-4(5(7)9)2-1-3-8/h3-5,9H,1-2,6-7H2. The molecule has 0 heterocycles. The molecule has 0 aromatic rings. The maximum atomic E-state index is 9.75. The average molecular weight is 132 g/mol. The van der Waals surface area contributed by atoms with Crippen LogP contribution < -0.4 is 11.5 Å². The van der Waals surface area contributed by atoms with E-state index in [-0.39, 0.29) is 0 Å². The minimum absolute atomic E-state index is 0.357.